The average molecular weight is 1370 g/mol. The monoisotopic (exact) mass is 1370 g/mol. The summed E-state index contributed by atoms with van der Waals surface area (Å²) >= 11 is 0. The fraction of sp³-hybridized carbons (Fsp3) is 0.588. The van der Waals surface area contributed by atoms with E-state index < -0.39 is 12.2 Å². The quantitative estimate of drug-likeness (QED) is 0.0227. The van der Waals surface area contributed by atoms with Gasteiger partial charge >= 0.3 is 0 Å². The number of aliphatic hydroxyl groups is 4. The molecule has 550 valence electrons. The Hall–Kier alpha value is -5.68. The fourth-order valence-corrected chi connectivity index (χ4v) is 18.9. The standard InChI is InChI=1S/C97H138O4/c1-9-13-17-21-33-41-63-97(64-42-34-22-18-14-10-2)93-71-79(77-49-55-85-83-53-47-73(5)65-89(83)95(91(85)69-77,59-39-19-15-11-3)61-43-35-29-25-23-27-31-37-45-81(100)67-75(7)98)51-57-87(93)88-58-52-80(72-94(88)97)78-50-56-86-84-54-48-74(6)66-90(84)96(92(86)70-78,60-40-20-16-12-4)62-44-36-30-26-24-28-32-38-46-82(101)68-76(8)99/h47-58,65-72,75-76,98-101H,9-46,59-64H2,1-8H3. The predicted molar refractivity (Wildman–Crippen MR) is 436 cm³/mol. The maximum absolute atomic E-state index is 10.2. The number of unbranched alkanes of at least 4 members (excludes halogenated alkanes) is 30. The minimum atomic E-state index is -0.595. The van der Waals surface area contributed by atoms with Gasteiger partial charge in [0.15, 0.2) is 0 Å². The number of fused-ring (bicyclic) bond motifs is 9. The van der Waals surface area contributed by atoms with Crippen LogP contribution in [0.15, 0.2) is 133 Å². The summed E-state index contributed by atoms with van der Waals surface area (Å²) in [6.45, 7) is 17.4. The van der Waals surface area contributed by atoms with Gasteiger partial charge in [-0.25, -0.2) is 0 Å². The van der Waals surface area contributed by atoms with Crippen molar-refractivity contribution in [3.8, 4) is 55.6 Å². The first-order valence-corrected chi connectivity index (χ1v) is 42.2. The smallest absolute Gasteiger partial charge is 0.0908 e. The second-order valence-electron chi connectivity index (χ2n) is 32.5. The molecule has 4 nitrogen and oxygen atoms in total. The highest BCUT2D eigenvalue weighted by Crippen LogP contribution is 2.60. The van der Waals surface area contributed by atoms with Gasteiger partial charge in [-0.05, 0) is 204 Å². The molecule has 0 radical (unpaired) electrons. The number of benzene rings is 6. The van der Waals surface area contributed by atoms with Gasteiger partial charge in [-0.2, -0.15) is 0 Å². The van der Waals surface area contributed by atoms with E-state index in [9.17, 15) is 20.4 Å². The van der Waals surface area contributed by atoms with Crippen LogP contribution in [0.1, 0.15) is 369 Å². The van der Waals surface area contributed by atoms with E-state index in [1.165, 1.54) is 311 Å². The molecule has 9 rings (SSSR count). The molecule has 6 aromatic carbocycles. The SMILES string of the molecule is CCCCCCCCC1(CCCCCCCC)c2cc(-c3ccc4c(c3)C(CCCCCC)(CCCCCCCCCCC(O)=CC(C)O)c3cc(C)ccc3-4)ccc2-c2ccc(-c3ccc4c(c3)C(CCCCCC)(CCCCCCCCCCC(O)=CC(C)O)c3cc(C)ccc3-4)cc21. The molecule has 0 spiro atoms. The van der Waals surface area contributed by atoms with E-state index in [-0.39, 0.29) is 16.2 Å². The Morgan fingerprint density at radius 2 is 0.475 bits per heavy atom. The lowest BCUT2D eigenvalue weighted by atomic mass is 9.69. The first kappa shape index (κ1) is 79.4. The van der Waals surface area contributed by atoms with Crippen LogP contribution in [-0.2, 0) is 16.2 Å². The van der Waals surface area contributed by atoms with E-state index in [4.69, 9.17) is 0 Å². The Bertz CT molecular complexity index is 3320. The zero-order chi connectivity index (χ0) is 71.5. The van der Waals surface area contributed by atoms with Gasteiger partial charge in [0.2, 0.25) is 0 Å². The van der Waals surface area contributed by atoms with Crippen molar-refractivity contribution in [2.75, 3.05) is 0 Å². The summed E-state index contributed by atoms with van der Waals surface area (Å²) in [6.07, 6.45) is 55.5. The Balaban J connectivity index is 1.05. The van der Waals surface area contributed by atoms with Crippen molar-refractivity contribution in [1.82, 2.24) is 0 Å². The Morgan fingerprint density at radius 3 is 0.713 bits per heavy atom. The van der Waals surface area contributed by atoms with Crippen molar-refractivity contribution < 1.29 is 20.4 Å². The molecule has 0 saturated heterocycles. The predicted octanol–water partition coefficient (Wildman–Crippen LogP) is 29.3. The van der Waals surface area contributed by atoms with E-state index in [1.54, 1.807) is 59.4 Å². The molecule has 4 heteroatoms. The van der Waals surface area contributed by atoms with Gasteiger partial charge in [-0.3, -0.25) is 0 Å². The molecule has 0 saturated carbocycles. The van der Waals surface area contributed by atoms with Gasteiger partial charge in [0.1, 0.15) is 0 Å². The third kappa shape index (κ3) is 20.9. The molecule has 0 amide bonds. The second kappa shape index (κ2) is 40.6. The molecule has 0 aromatic heterocycles. The van der Waals surface area contributed by atoms with E-state index in [0.29, 0.717) is 24.4 Å². The zero-order valence-corrected chi connectivity index (χ0v) is 65.1. The molecule has 0 fully saturated rings. The van der Waals surface area contributed by atoms with Crippen LogP contribution in [0.25, 0.3) is 55.6 Å². The molecule has 0 aliphatic heterocycles. The summed E-state index contributed by atoms with van der Waals surface area (Å²) in [6, 6.07) is 46.0. The van der Waals surface area contributed by atoms with Crippen molar-refractivity contribution in [2.45, 2.75) is 366 Å². The highest BCUT2D eigenvalue weighted by atomic mass is 16.3. The van der Waals surface area contributed by atoms with E-state index in [0.717, 1.165) is 25.7 Å². The van der Waals surface area contributed by atoms with Crippen molar-refractivity contribution in [3.05, 3.63) is 177 Å². The van der Waals surface area contributed by atoms with Crippen molar-refractivity contribution in [3.63, 3.8) is 0 Å². The second-order valence-corrected chi connectivity index (χ2v) is 32.5. The van der Waals surface area contributed by atoms with Gasteiger partial charge < -0.3 is 20.4 Å². The summed E-state index contributed by atoms with van der Waals surface area (Å²) in [5, 5.41) is 39.6. The van der Waals surface area contributed by atoms with Crippen molar-refractivity contribution >= 4 is 0 Å². The molecule has 4 N–H and O–H groups in total. The van der Waals surface area contributed by atoms with Crippen LogP contribution in [-0.4, -0.2) is 32.6 Å². The van der Waals surface area contributed by atoms with Crippen LogP contribution in [0.3, 0.4) is 0 Å². The van der Waals surface area contributed by atoms with E-state index in [1.807, 2.05) is 0 Å². The molecular weight excluding hydrogens is 1230 g/mol. The lowest BCUT2D eigenvalue weighted by Crippen LogP contribution is -2.26. The maximum Gasteiger partial charge on any atom is 0.0908 e. The average Bonchev–Trinajstić information content (AvgIpc) is 1.57. The largest absolute Gasteiger partial charge is 0.513 e. The summed E-state index contributed by atoms with van der Waals surface area (Å²) < 4.78 is 0. The fourth-order valence-electron chi connectivity index (χ4n) is 18.9. The minimum absolute atomic E-state index is 0.00780. The van der Waals surface area contributed by atoms with Crippen molar-refractivity contribution in [2.24, 2.45) is 0 Å². The van der Waals surface area contributed by atoms with Crippen molar-refractivity contribution in [1.29, 1.82) is 0 Å². The molecule has 101 heavy (non-hydrogen) atoms. The number of hydrogen-bond donors (Lipinski definition) is 4. The number of hydrogen-bond acceptors (Lipinski definition) is 4. The molecule has 3 aliphatic rings. The van der Waals surface area contributed by atoms with Gasteiger partial charge in [-0.1, -0.05) is 342 Å². The minimum Gasteiger partial charge on any atom is -0.513 e. The number of aryl methyl sites for hydroxylation is 2. The summed E-state index contributed by atoms with van der Waals surface area (Å²) in [5.41, 5.74) is 26.5. The van der Waals surface area contributed by atoms with Gasteiger partial charge in [0, 0.05) is 29.1 Å². The Kier molecular flexibility index (Phi) is 31.9. The third-order valence-electron chi connectivity index (χ3n) is 24.3. The van der Waals surface area contributed by atoms with Crippen LogP contribution in [0.2, 0.25) is 0 Å². The van der Waals surface area contributed by atoms with Crippen LogP contribution < -0.4 is 0 Å². The number of aliphatic hydroxyl groups excluding tert-OH is 4. The zero-order valence-electron chi connectivity index (χ0n) is 65.1. The maximum atomic E-state index is 10.2. The molecule has 3 aliphatic carbocycles. The lowest BCUT2D eigenvalue weighted by molar-refractivity contribution is 0.234. The summed E-state index contributed by atoms with van der Waals surface area (Å²) in [4.78, 5) is 0. The first-order chi connectivity index (χ1) is 49.2. The highest BCUT2D eigenvalue weighted by molar-refractivity contribution is 5.90. The molecule has 4 atom stereocenters. The van der Waals surface area contributed by atoms with Crippen LogP contribution in [0.5, 0.6) is 0 Å². The lowest BCUT2D eigenvalue weighted by Gasteiger charge is -2.34. The van der Waals surface area contributed by atoms with Crippen LogP contribution >= 0.6 is 0 Å². The number of rotatable bonds is 50. The molecule has 6 aromatic rings. The number of allylic oxidation sites excluding steroid dienone is 2. The topological polar surface area (TPSA) is 80.9 Å². The molecule has 0 bridgehead atoms. The Labute approximate surface area is 616 Å². The van der Waals surface area contributed by atoms with Gasteiger partial charge in [0.05, 0.1) is 23.7 Å². The van der Waals surface area contributed by atoms with Gasteiger partial charge in [-0.15, -0.1) is 0 Å². The normalized spacial score (nSPS) is 17.0. The highest BCUT2D eigenvalue weighted by Gasteiger charge is 2.46. The summed E-state index contributed by atoms with van der Waals surface area (Å²) in [5.74, 6) is 0.654. The van der Waals surface area contributed by atoms with Crippen LogP contribution in [0, 0.1) is 13.8 Å². The van der Waals surface area contributed by atoms with E-state index >= 15 is 0 Å². The first-order valence-electron chi connectivity index (χ1n) is 42.2. The van der Waals surface area contributed by atoms with E-state index in [2.05, 4.69) is 151 Å². The molecular formula is C97H138O4. The molecule has 0 heterocycles. The van der Waals surface area contributed by atoms with Crippen LogP contribution in [0.4, 0.5) is 0 Å². The Morgan fingerprint density at radius 1 is 0.277 bits per heavy atom. The molecule has 4 unspecified atom stereocenters. The van der Waals surface area contributed by atoms with Gasteiger partial charge in [0.25, 0.3) is 0 Å². The summed E-state index contributed by atoms with van der Waals surface area (Å²) in [7, 11) is 0. The third-order valence-corrected chi connectivity index (χ3v) is 24.3.